The second-order valence-electron chi connectivity index (χ2n) is 5.38. The molecule has 2 atom stereocenters. The predicted molar refractivity (Wildman–Crippen MR) is 75.0 cm³/mol. The van der Waals surface area contributed by atoms with Crippen molar-refractivity contribution >= 4 is 11.9 Å². The first kappa shape index (κ1) is 14.5. The van der Waals surface area contributed by atoms with E-state index in [1.807, 2.05) is 31.2 Å². The summed E-state index contributed by atoms with van der Waals surface area (Å²) in [7, 11) is 0. The number of rotatable bonds is 5. The van der Waals surface area contributed by atoms with Crippen LogP contribution >= 0.6 is 0 Å². The fourth-order valence-electron chi connectivity index (χ4n) is 2.72. The Morgan fingerprint density at radius 2 is 2.30 bits per heavy atom. The third-order valence-corrected chi connectivity index (χ3v) is 3.74. The number of aliphatic carboxylic acids is 1. The fourth-order valence-corrected chi connectivity index (χ4v) is 2.72. The summed E-state index contributed by atoms with van der Waals surface area (Å²) in [6.07, 6.45) is 0.338. The van der Waals surface area contributed by atoms with Crippen molar-refractivity contribution in [3.05, 3.63) is 35.4 Å². The molecule has 1 aliphatic rings. The molecule has 1 heterocycles. The first-order chi connectivity index (χ1) is 9.51. The van der Waals surface area contributed by atoms with Gasteiger partial charge in [-0.25, -0.2) is 0 Å². The van der Waals surface area contributed by atoms with Crippen LogP contribution in [-0.2, 0) is 9.59 Å². The van der Waals surface area contributed by atoms with Crippen molar-refractivity contribution in [2.45, 2.75) is 25.8 Å². The SMILES string of the molecule is Cc1cccc(C(CC(=O)O)N2CC(CN)CC2=O)c1. The Kier molecular flexibility index (Phi) is 4.39. The number of carboxylic acids is 1. The summed E-state index contributed by atoms with van der Waals surface area (Å²) < 4.78 is 0. The number of hydrogen-bond acceptors (Lipinski definition) is 3. The molecule has 0 saturated carbocycles. The van der Waals surface area contributed by atoms with Crippen LogP contribution in [0.15, 0.2) is 24.3 Å². The number of carbonyl (C=O) groups excluding carboxylic acids is 1. The van der Waals surface area contributed by atoms with Crippen LogP contribution in [0.3, 0.4) is 0 Å². The molecule has 0 radical (unpaired) electrons. The van der Waals surface area contributed by atoms with Gasteiger partial charge in [-0.3, -0.25) is 9.59 Å². The zero-order valence-electron chi connectivity index (χ0n) is 11.6. The van der Waals surface area contributed by atoms with Crippen molar-refractivity contribution in [3.63, 3.8) is 0 Å². The maximum Gasteiger partial charge on any atom is 0.305 e. The average Bonchev–Trinajstić information content (AvgIpc) is 2.77. The lowest BCUT2D eigenvalue weighted by Gasteiger charge is -2.27. The molecule has 5 heteroatoms. The highest BCUT2D eigenvalue weighted by atomic mass is 16.4. The molecule has 1 aromatic rings. The Morgan fingerprint density at radius 1 is 1.55 bits per heavy atom. The van der Waals surface area contributed by atoms with Crippen molar-refractivity contribution in [1.29, 1.82) is 0 Å². The van der Waals surface area contributed by atoms with Crippen molar-refractivity contribution in [3.8, 4) is 0 Å². The smallest absolute Gasteiger partial charge is 0.305 e. The molecule has 0 spiro atoms. The van der Waals surface area contributed by atoms with Gasteiger partial charge in [0.15, 0.2) is 0 Å². The number of carboxylic acid groups (broad SMARTS) is 1. The van der Waals surface area contributed by atoms with Gasteiger partial charge in [0.05, 0.1) is 12.5 Å². The van der Waals surface area contributed by atoms with E-state index in [1.54, 1.807) is 4.90 Å². The maximum absolute atomic E-state index is 12.1. The molecule has 1 amide bonds. The van der Waals surface area contributed by atoms with Crippen LogP contribution in [0.4, 0.5) is 0 Å². The minimum atomic E-state index is -0.902. The van der Waals surface area contributed by atoms with Gasteiger partial charge in [-0.05, 0) is 24.9 Å². The number of benzene rings is 1. The van der Waals surface area contributed by atoms with Gasteiger partial charge in [-0.15, -0.1) is 0 Å². The number of hydrogen-bond donors (Lipinski definition) is 2. The largest absolute Gasteiger partial charge is 0.481 e. The van der Waals surface area contributed by atoms with E-state index in [2.05, 4.69) is 0 Å². The van der Waals surface area contributed by atoms with E-state index in [1.165, 1.54) is 0 Å². The molecule has 1 aromatic carbocycles. The molecule has 0 bridgehead atoms. The summed E-state index contributed by atoms with van der Waals surface area (Å²) >= 11 is 0. The van der Waals surface area contributed by atoms with Crippen LogP contribution in [0.25, 0.3) is 0 Å². The lowest BCUT2D eigenvalue weighted by Crippen LogP contribution is -2.32. The minimum Gasteiger partial charge on any atom is -0.481 e. The van der Waals surface area contributed by atoms with Gasteiger partial charge in [0, 0.05) is 13.0 Å². The van der Waals surface area contributed by atoms with E-state index >= 15 is 0 Å². The lowest BCUT2D eigenvalue weighted by molar-refractivity contribution is -0.139. The van der Waals surface area contributed by atoms with E-state index in [9.17, 15) is 9.59 Å². The summed E-state index contributed by atoms with van der Waals surface area (Å²) in [5.41, 5.74) is 7.56. The van der Waals surface area contributed by atoms with E-state index in [-0.39, 0.29) is 18.2 Å². The Morgan fingerprint density at radius 3 is 2.85 bits per heavy atom. The molecule has 1 saturated heterocycles. The Balaban J connectivity index is 2.28. The van der Waals surface area contributed by atoms with Crippen LogP contribution in [0.5, 0.6) is 0 Å². The summed E-state index contributed by atoms with van der Waals surface area (Å²) in [5, 5.41) is 9.12. The second-order valence-corrected chi connectivity index (χ2v) is 5.38. The Bertz CT molecular complexity index is 516. The highest BCUT2D eigenvalue weighted by molar-refractivity contribution is 5.80. The molecule has 3 N–H and O–H groups in total. The van der Waals surface area contributed by atoms with E-state index in [0.29, 0.717) is 19.5 Å². The van der Waals surface area contributed by atoms with Crippen molar-refractivity contribution in [2.24, 2.45) is 11.7 Å². The highest BCUT2D eigenvalue weighted by Gasteiger charge is 2.35. The number of carbonyl (C=O) groups is 2. The van der Waals surface area contributed by atoms with E-state index in [4.69, 9.17) is 10.8 Å². The molecular weight excluding hydrogens is 256 g/mol. The maximum atomic E-state index is 12.1. The number of nitrogens with zero attached hydrogens (tertiary/aromatic N) is 1. The number of amides is 1. The van der Waals surface area contributed by atoms with Crippen LogP contribution in [0, 0.1) is 12.8 Å². The molecule has 1 fully saturated rings. The van der Waals surface area contributed by atoms with Crippen LogP contribution < -0.4 is 5.73 Å². The van der Waals surface area contributed by atoms with E-state index < -0.39 is 12.0 Å². The monoisotopic (exact) mass is 276 g/mol. The molecular formula is C15H20N2O3. The summed E-state index contributed by atoms with van der Waals surface area (Å²) in [4.78, 5) is 24.9. The molecule has 0 aliphatic carbocycles. The van der Waals surface area contributed by atoms with Crippen molar-refractivity contribution in [1.82, 2.24) is 4.90 Å². The first-order valence-electron chi connectivity index (χ1n) is 6.79. The molecule has 5 nitrogen and oxygen atoms in total. The molecule has 20 heavy (non-hydrogen) atoms. The fraction of sp³-hybridized carbons (Fsp3) is 0.467. The quantitative estimate of drug-likeness (QED) is 0.849. The minimum absolute atomic E-state index is 0.00629. The Hall–Kier alpha value is -1.88. The van der Waals surface area contributed by atoms with Crippen molar-refractivity contribution < 1.29 is 14.7 Å². The molecule has 1 aliphatic heterocycles. The zero-order chi connectivity index (χ0) is 14.7. The topological polar surface area (TPSA) is 83.6 Å². The first-order valence-corrected chi connectivity index (χ1v) is 6.79. The summed E-state index contributed by atoms with van der Waals surface area (Å²) in [6.45, 7) is 2.95. The predicted octanol–water partition coefficient (Wildman–Crippen LogP) is 1.32. The Labute approximate surface area is 118 Å². The molecule has 108 valence electrons. The summed E-state index contributed by atoms with van der Waals surface area (Å²) in [6, 6.07) is 7.26. The molecule has 2 unspecified atom stereocenters. The summed E-state index contributed by atoms with van der Waals surface area (Å²) in [5.74, 6) is -0.780. The van der Waals surface area contributed by atoms with Gasteiger partial charge < -0.3 is 15.7 Å². The normalized spacial score (nSPS) is 20.2. The van der Waals surface area contributed by atoms with Gasteiger partial charge >= 0.3 is 5.97 Å². The zero-order valence-corrected chi connectivity index (χ0v) is 11.6. The van der Waals surface area contributed by atoms with Gasteiger partial charge in [-0.2, -0.15) is 0 Å². The second kappa shape index (κ2) is 6.05. The molecule has 2 rings (SSSR count). The van der Waals surface area contributed by atoms with Gasteiger partial charge in [0.1, 0.15) is 0 Å². The number of nitrogens with two attached hydrogens (primary N) is 1. The lowest BCUT2D eigenvalue weighted by atomic mass is 10.00. The van der Waals surface area contributed by atoms with Crippen LogP contribution in [-0.4, -0.2) is 35.0 Å². The van der Waals surface area contributed by atoms with E-state index in [0.717, 1.165) is 11.1 Å². The number of likely N-dealkylation sites (tertiary alicyclic amines) is 1. The van der Waals surface area contributed by atoms with Crippen molar-refractivity contribution in [2.75, 3.05) is 13.1 Å². The van der Waals surface area contributed by atoms with Gasteiger partial charge in [0.25, 0.3) is 0 Å². The third-order valence-electron chi connectivity index (χ3n) is 3.74. The van der Waals surface area contributed by atoms with Crippen LogP contribution in [0.2, 0.25) is 0 Å². The van der Waals surface area contributed by atoms with Gasteiger partial charge in [-0.1, -0.05) is 29.8 Å². The molecule has 0 aromatic heterocycles. The van der Waals surface area contributed by atoms with Gasteiger partial charge in [0.2, 0.25) is 5.91 Å². The average molecular weight is 276 g/mol. The third kappa shape index (κ3) is 3.17. The van der Waals surface area contributed by atoms with Crippen LogP contribution in [0.1, 0.15) is 30.0 Å². The highest BCUT2D eigenvalue weighted by Crippen LogP contribution is 2.31. The standard InChI is InChI=1S/C15H20N2O3/c1-10-3-2-4-12(5-10)13(7-15(19)20)17-9-11(8-16)6-14(17)18/h2-5,11,13H,6-9,16H2,1H3,(H,19,20). The number of aryl methyl sites for hydroxylation is 1.